The summed E-state index contributed by atoms with van der Waals surface area (Å²) < 4.78 is 39.4. The lowest BCUT2D eigenvalue weighted by Gasteiger charge is -2.25. The number of urea groups is 1. The predicted molar refractivity (Wildman–Crippen MR) is 112 cm³/mol. The van der Waals surface area contributed by atoms with Crippen molar-refractivity contribution in [3.63, 3.8) is 0 Å². The van der Waals surface area contributed by atoms with Crippen molar-refractivity contribution in [3.8, 4) is 11.1 Å². The number of nitrogens with zero attached hydrogens (tertiary/aromatic N) is 4. The average Bonchev–Trinajstić information content (AvgIpc) is 3.22. The summed E-state index contributed by atoms with van der Waals surface area (Å²) in [5.74, 6) is 0.615. The van der Waals surface area contributed by atoms with E-state index in [9.17, 15) is 18.0 Å². The Hall–Kier alpha value is -3.10. The Bertz CT molecular complexity index is 1020. The smallest absolute Gasteiger partial charge is 0.335 e. The van der Waals surface area contributed by atoms with Crippen LogP contribution in [0.3, 0.4) is 0 Å². The minimum atomic E-state index is -4.22. The van der Waals surface area contributed by atoms with E-state index < -0.39 is 18.6 Å². The molecule has 1 atom stereocenters. The molecule has 1 unspecified atom stereocenters. The Morgan fingerprint density at radius 3 is 2.74 bits per heavy atom. The minimum absolute atomic E-state index is 0.123. The number of carbonyl (C=O) groups is 1. The first-order valence-electron chi connectivity index (χ1n) is 10.3. The molecule has 0 aliphatic rings. The van der Waals surface area contributed by atoms with Gasteiger partial charge in [-0.15, -0.1) is 0 Å². The van der Waals surface area contributed by atoms with Crippen molar-refractivity contribution in [1.82, 2.24) is 24.6 Å². The number of nitrogens with one attached hydrogen (secondary N) is 1. The van der Waals surface area contributed by atoms with Gasteiger partial charge in [0.15, 0.2) is 0 Å². The molecular formula is C22H26F3N5O. The average molecular weight is 433 g/mol. The Morgan fingerprint density at radius 1 is 1.23 bits per heavy atom. The number of alkyl halides is 3. The van der Waals surface area contributed by atoms with Crippen LogP contribution in [0.2, 0.25) is 0 Å². The van der Waals surface area contributed by atoms with Crippen LogP contribution in [-0.2, 0) is 6.54 Å². The van der Waals surface area contributed by atoms with Crippen LogP contribution in [0.4, 0.5) is 18.0 Å². The van der Waals surface area contributed by atoms with Crippen molar-refractivity contribution in [1.29, 1.82) is 0 Å². The van der Waals surface area contributed by atoms with Crippen molar-refractivity contribution >= 4 is 11.8 Å². The van der Waals surface area contributed by atoms with Crippen LogP contribution < -0.4 is 5.32 Å². The van der Waals surface area contributed by atoms with Crippen LogP contribution in [0, 0.1) is 0 Å². The Kier molecular flexibility index (Phi) is 7.14. The van der Waals surface area contributed by atoms with E-state index in [1.165, 1.54) is 0 Å². The molecule has 1 N–H and O–H groups in total. The van der Waals surface area contributed by atoms with Gasteiger partial charge >= 0.3 is 12.2 Å². The van der Waals surface area contributed by atoms with Gasteiger partial charge in [0.1, 0.15) is 0 Å². The molecule has 31 heavy (non-hydrogen) atoms. The third-order valence-electron chi connectivity index (χ3n) is 5.14. The van der Waals surface area contributed by atoms with Crippen LogP contribution in [-0.4, -0.2) is 44.1 Å². The van der Waals surface area contributed by atoms with Gasteiger partial charge in [-0.3, -0.25) is 4.40 Å². The topological polar surface area (TPSA) is 62.5 Å². The molecule has 0 spiro atoms. The van der Waals surface area contributed by atoms with Crippen molar-refractivity contribution in [2.45, 2.75) is 51.9 Å². The number of benzene rings is 1. The zero-order chi connectivity index (χ0) is 22.4. The highest BCUT2D eigenvalue weighted by molar-refractivity contribution is 5.74. The molecule has 9 heteroatoms. The van der Waals surface area contributed by atoms with Gasteiger partial charge in [0.05, 0.1) is 0 Å². The second-order valence-electron chi connectivity index (χ2n) is 7.40. The summed E-state index contributed by atoms with van der Waals surface area (Å²) in [7, 11) is 0. The summed E-state index contributed by atoms with van der Waals surface area (Å²) in [4.78, 5) is 22.7. The molecule has 0 radical (unpaired) electrons. The first kappa shape index (κ1) is 22.6. The van der Waals surface area contributed by atoms with Crippen LogP contribution in [0.15, 0.2) is 49.1 Å². The number of fused-ring (bicyclic) bond motifs is 1. The van der Waals surface area contributed by atoms with Crippen LogP contribution in [0.5, 0.6) is 0 Å². The number of rotatable bonds is 8. The molecule has 0 saturated carbocycles. The van der Waals surface area contributed by atoms with Crippen LogP contribution in [0.25, 0.3) is 16.9 Å². The molecule has 0 fully saturated rings. The number of carbonyl (C=O) groups excluding carboxylic acids is 1. The summed E-state index contributed by atoms with van der Waals surface area (Å²) in [5, 5.41) is 2.74. The Balaban J connectivity index is 1.68. The molecule has 3 aromatic rings. The van der Waals surface area contributed by atoms with E-state index in [4.69, 9.17) is 0 Å². The van der Waals surface area contributed by atoms with Gasteiger partial charge in [-0.05, 0) is 37.0 Å². The summed E-state index contributed by atoms with van der Waals surface area (Å²) in [5.41, 5.74) is 2.79. The fourth-order valence-corrected chi connectivity index (χ4v) is 3.34. The SMILES string of the molecule is CCC(CCC(F)(F)F)NC(=O)N(CC)Cc1cccc(-c2cnc3nccn3c2)c1. The van der Waals surface area contributed by atoms with E-state index in [1.54, 1.807) is 24.2 Å². The second-order valence-corrected chi connectivity index (χ2v) is 7.40. The minimum Gasteiger partial charge on any atom is -0.335 e. The highest BCUT2D eigenvalue weighted by Crippen LogP contribution is 2.23. The Morgan fingerprint density at radius 2 is 2.03 bits per heavy atom. The van der Waals surface area contributed by atoms with E-state index >= 15 is 0 Å². The van der Waals surface area contributed by atoms with Gasteiger partial charge in [0.25, 0.3) is 0 Å². The zero-order valence-electron chi connectivity index (χ0n) is 17.6. The summed E-state index contributed by atoms with van der Waals surface area (Å²) in [6.45, 7) is 4.41. The molecule has 2 amide bonds. The van der Waals surface area contributed by atoms with Crippen molar-refractivity contribution in [3.05, 3.63) is 54.6 Å². The first-order valence-corrected chi connectivity index (χ1v) is 10.3. The fraction of sp³-hybridized carbons (Fsp3) is 0.409. The first-order chi connectivity index (χ1) is 14.8. The molecule has 2 aromatic heterocycles. The molecule has 6 nitrogen and oxygen atoms in total. The molecule has 0 saturated heterocycles. The van der Waals surface area contributed by atoms with Gasteiger partial charge in [0.2, 0.25) is 5.78 Å². The van der Waals surface area contributed by atoms with Crippen molar-refractivity contribution < 1.29 is 18.0 Å². The van der Waals surface area contributed by atoms with E-state index in [1.807, 2.05) is 48.0 Å². The summed E-state index contributed by atoms with van der Waals surface area (Å²) in [6, 6.07) is 6.91. The van der Waals surface area contributed by atoms with E-state index in [2.05, 4.69) is 15.3 Å². The maximum atomic E-state index is 12.7. The number of halogens is 3. The number of hydrogen-bond donors (Lipinski definition) is 1. The third kappa shape index (κ3) is 6.19. The maximum absolute atomic E-state index is 12.7. The molecule has 0 aliphatic carbocycles. The number of hydrogen-bond acceptors (Lipinski definition) is 3. The maximum Gasteiger partial charge on any atom is 0.389 e. The Labute approximate surface area is 179 Å². The summed E-state index contributed by atoms with van der Waals surface area (Å²) in [6.07, 6.45) is 2.37. The molecule has 3 rings (SSSR count). The molecule has 1 aromatic carbocycles. The largest absolute Gasteiger partial charge is 0.389 e. The van der Waals surface area contributed by atoms with Crippen LogP contribution in [0.1, 0.15) is 38.7 Å². The lowest BCUT2D eigenvalue weighted by Crippen LogP contribution is -2.44. The molecular weight excluding hydrogens is 407 g/mol. The van der Waals surface area contributed by atoms with Gasteiger partial charge < -0.3 is 10.2 Å². The van der Waals surface area contributed by atoms with E-state index in [-0.39, 0.29) is 12.5 Å². The highest BCUT2D eigenvalue weighted by Gasteiger charge is 2.28. The van der Waals surface area contributed by atoms with Gasteiger partial charge in [-0.2, -0.15) is 13.2 Å². The molecule has 0 aliphatic heterocycles. The lowest BCUT2D eigenvalue weighted by molar-refractivity contribution is -0.136. The molecule has 166 valence electrons. The second kappa shape index (κ2) is 9.80. The lowest BCUT2D eigenvalue weighted by atomic mass is 10.1. The monoisotopic (exact) mass is 433 g/mol. The highest BCUT2D eigenvalue weighted by atomic mass is 19.4. The van der Waals surface area contributed by atoms with E-state index in [0.29, 0.717) is 25.3 Å². The normalized spacial score (nSPS) is 12.7. The fourth-order valence-electron chi connectivity index (χ4n) is 3.34. The van der Waals surface area contributed by atoms with Gasteiger partial charge in [-0.25, -0.2) is 14.8 Å². The number of aromatic nitrogens is 3. The predicted octanol–water partition coefficient (Wildman–Crippen LogP) is 5.05. The van der Waals surface area contributed by atoms with Gasteiger partial charge in [-0.1, -0.05) is 25.1 Å². The zero-order valence-corrected chi connectivity index (χ0v) is 17.6. The summed E-state index contributed by atoms with van der Waals surface area (Å²) >= 11 is 0. The molecule has 2 heterocycles. The quantitative estimate of drug-likeness (QED) is 0.541. The number of imidazole rings is 1. The van der Waals surface area contributed by atoms with Crippen LogP contribution >= 0.6 is 0 Å². The van der Waals surface area contributed by atoms with Gasteiger partial charge in [0, 0.05) is 55.9 Å². The van der Waals surface area contributed by atoms with Crippen molar-refractivity contribution in [2.24, 2.45) is 0 Å². The van der Waals surface area contributed by atoms with Crippen molar-refractivity contribution in [2.75, 3.05) is 6.54 Å². The molecule has 0 bridgehead atoms. The van der Waals surface area contributed by atoms with E-state index in [0.717, 1.165) is 16.7 Å². The number of amides is 2. The third-order valence-corrected chi connectivity index (χ3v) is 5.14. The standard InChI is InChI=1S/C22H26F3N5O/c1-3-19(8-9-22(23,24)25)28-21(31)29(4-2)14-16-6-5-7-17(12-16)18-13-27-20-26-10-11-30(20)15-18/h5-7,10-13,15,19H,3-4,8-9,14H2,1-2H3,(H,28,31).